The quantitative estimate of drug-likeness (QED) is 0.779. The van der Waals surface area contributed by atoms with Crippen LogP contribution in [0.25, 0.3) is 6.08 Å². The average molecular weight is 203 g/mol. The lowest BCUT2D eigenvalue weighted by atomic mass is 9.91. The second-order valence-electron chi connectivity index (χ2n) is 3.75. The summed E-state index contributed by atoms with van der Waals surface area (Å²) in [6, 6.07) is 6.17. The summed E-state index contributed by atoms with van der Waals surface area (Å²) in [5.41, 5.74) is 3.54. The molecule has 0 saturated heterocycles. The van der Waals surface area contributed by atoms with Crippen molar-refractivity contribution in [2.45, 2.75) is 25.7 Å². The molecule has 0 bridgehead atoms. The van der Waals surface area contributed by atoms with E-state index in [0.29, 0.717) is 0 Å². The van der Waals surface area contributed by atoms with E-state index in [9.17, 15) is 0 Å². The van der Waals surface area contributed by atoms with Crippen LogP contribution < -0.4 is 0 Å². The summed E-state index contributed by atoms with van der Waals surface area (Å²) in [6.45, 7) is 10.0. The molecule has 1 nitrogen and oxygen atoms in total. The number of aryl methyl sites for hydroxylation is 1. The molecule has 15 heavy (non-hydrogen) atoms. The molecule has 0 amide bonds. The molecular formula is C14H19O. The van der Waals surface area contributed by atoms with E-state index in [-0.39, 0.29) is 12.5 Å². The maximum absolute atomic E-state index is 9.13. The molecule has 0 aliphatic heterocycles. The van der Waals surface area contributed by atoms with Gasteiger partial charge < -0.3 is 5.11 Å². The zero-order chi connectivity index (χ0) is 11.3. The van der Waals surface area contributed by atoms with Gasteiger partial charge in [-0.05, 0) is 30.0 Å². The van der Waals surface area contributed by atoms with Gasteiger partial charge in [0.05, 0.1) is 0 Å². The van der Waals surface area contributed by atoms with Crippen LogP contribution in [0.4, 0.5) is 0 Å². The van der Waals surface area contributed by atoms with Crippen LogP contribution in [-0.2, 0) is 6.42 Å². The number of rotatable bonds is 5. The maximum Gasteiger partial charge on any atom is 0.0499 e. The first-order chi connectivity index (χ1) is 7.24. The van der Waals surface area contributed by atoms with E-state index >= 15 is 0 Å². The summed E-state index contributed by atoms with van der Waals surface area (Å²) < 4.78 is 0. The highest BCUT2D eigenvalue weighted by Gasteiger charge is 2.10. The predicted molar refractivity (Wildman–Crippen MR) is 65.7 cm³/mol. The van der Waals surface area contributed by atoms with E-state index in [2.05, 4.69) is 26.5 Å². The third-order valence-corrected chi connectivity index (χ3v) is 2.61. The molecule has 1 N–H and O–H groups in total. The molecule has 0 heterocycles. The largest absolute Gasteiger partial charge is 0.396 e. The van der Waals surface area contributed by atoms with Gasteiger partial charge in [0.25, 0.3) is 0 Å². The van der Waals surface area contributed by atoms with Gasteiger partial charge in [0.15, 0.2) is 0 Å². The third kappa shape index (κ3) is 2.69. The molecule has 1 unspecified atom stereocenters. The van der Waals surface area contributed by atoms with Crippen molar-refractivity contribution < 1.29 is 5.11 Å². The van der Waals surface area contributed by atoms with E-state index in [1.165, 1.54) is 5.56 Å². The van der Waals surface area contributed by atoms with Crippen LogP contribution in [0.2, 0.25) is 0 Å². The zero-order valence-electron chi connectivity index (χ0n) is 9.37. The number of hydrogen-bond donors (Lipinski definition) is 1. The zero-order valence-corrected chi connectivity index (χ0v) is 9.37. The van der Waals surface area contributed by atoms with Crippen LogP contribution in [-0.4, -0.2) is 11.7 Å². The SMILES string of the molecule is [CH2]C(CO)c1cccc(CCC)c1C=C. The molecule has 1 rings (SSSR count). The van der Waals surface area contributed by atoms with Crippen LogP contribution in [0, 0.1) is 6.92 Å². The highest BCUT2D eigenvalue weighted by atomic mass is 16.3. The first-order valence-electron chi connectivity index (χ1n) is 5.42. The molecule has 1 atom stereocenters. The maximum atomic E-state index is 9.13. The smallest absolute Gasteiger partial charge is 0.0499 e. The standard InChI is InChI=1S/C14H19O/c1-4-7-12-8-6-9-14(11(3)10-15)13(12)5-2/h5-6,8-9,11,15H,2-4,7,10H2,1H3. The predicted octanol–water partition coefficient (Wildman–Crippen LogP) is 3.19. The number of aliphatic hydroxyl groups excluding tert-OH is 1. The van der Waals surface area contributed by atoms with Crippen molar-refractivity contribution in [3.05, 3.63) is 48.4 Å². The highest BCUT2D eigenvalue weighted by molar-refractivity contribution is 5.58. The number of benzene rings is 1. The summed E-state index contributed by atoms with van der Waals surface area (Å²) in [4.78, 5) is 0. The Bertz CT molecular complexity index is 328. The molecule has 1 aromatic rings. The summed E-state index contributed by atoms with van der Waals surface area (Å²) in [5.74, 6) is -0.0604. The van der Waals surface area contributed by atoms with Gasteiger partial charge in [-0.25, -0.2) is 0 Å². The Kier molecular flexibility index (Phi) is 4.57. The molecular weight excluding hydrogens is 184 g/mol. The molecule has 0 spiro atoms. The Morgan fingerprint density at radius 1 is 1.47 bits per heavy atom. The monoisotopic (exact) mass is 203 g/mol. The lowest BCUT2D eigenvalue weighted by molar-refractivity contribution is 0.282. The molecule has 81 valence electrons. The van der Waals surface area contributed by atoms with Crippen LogP contribution in [0.1, 0.15) is 36.0 Å². The summed E-state index contributed by atoms with van der Waals surface area (Å²) >= 11 is 0. The molecule has 0 saturated carbocycles. The lowest BCUT2D eigenvalue weighted by Crippen LogP contribution is -2.03. The third-order valence-electron chi connectivity index (χ3n) is 2.61. The van der Waals surface area contributed by atoms with Gasteiger partial charge >= 0.3 is 0 Å². The van der Waals surface area contributed by atoms with Crippen LogP contribution in [0.3, 0.4) is 0 Å². The second-order valence-corrected chi connectivity index (χ2v) is 3.75. The normalized spacial score (nSPS) is 12.5. The topological polar surface area (TPSA) is 20.2 Å². The molecule has 0 aromatic heterocycles. The molecule has 0 aliphatic carbocycles. The minimum Gasteiger partial charge on any atom is -0.396 e. The van der Waals surface area contributed by atoms with Gasteiger partial charge in [-0.1, -0.05) is 44.2 Å². The Balaban J connectivity index is 3.15. The number of hydrogen-bond acceptors (Lipinski definition) is 1. The summed E-state index contributed by atoms with van der Waals surface area (Å²) in [7, 11) is 0. The van der Waals surface area contributed by atoms with Crippen molar-refractivity contribution in [3.8, 4) is 0 Å². The average Bonchev–Trinajstić information content (AvgIpc) is 2.28. The van der Waals surface area contributed by atoms with Gasteiger partial charge in [0.2, 0.25) is 0 Å². The highest BCUT2D eigenvalue weighted by Crippen LogP contribution is 2.24. The lowest BCUT2D eigenvalue weighted by Gasteiger charge is -2.15. The Hall–Kier alpha value is -1.08. The minimum absolute atomic E-state index is 0.0604. The first kappa shape index (κ1) is 12.0. The Morgan fingerprint density at radius 2 is 2.20 bits per heavy atom. The summed E-state index contributed by atoms with van der Waals surface area (Å²) in [6.07, 6.45) is 4.03. The first-order valence-corrected chi connectivity index (χ1v) is 5.42. The molecule has 1 aromatic carbocycles. The Morgan fingerprint density at radius 3 is 2.73 bits per heavy atom. The van der Waals surface area contributed by atoms with Crippen molar-refractivity contribution in [3.63, 3.8) is 0 Å². The molecule has 1 radical (unpaired) electrons. The van der Waals surface area contributed by atoms with Crippen molar-refractivity contribution in [1.29, 1.82) is 0 Å². The van der Waals surface area contributed by atoms with Gasteiger partial charge in [0.1, 0.15) is 0 Å². The van der Waals surface area contributed by atoms with E-state index in [4.69, 9.17) is 5.11 Å². The second kappa shape index (κ2) is 5.72. The van der Waals surface area contributed by atoms with Gasteiger partial charge in [-0.3, -0.25) is 0 Å². The van der Waals surface area contributed by atoms with Crippen molar-refractivity contribution >= 4 is 6.08 Å². The van der Waals surface area contributed by atoms with Gasteiger partial charge in [-0.2, -0.15) is 0 Å². The summed E-state index contributed by atoms with van der Waals surface area (Å²) in [5, 5.41) is 9.13. The van der Waals surface area contributed by atoms with Crippen LogP contribution in [0.15, 0.2) is 24.8 Å². The van der Waals surface area contributed by atoms with E-state index in [1.54, 1.807) is 0 Å². The van der Waals surface area contributed by atoms with E-state index in [1.807, 2.05) is 18.2 Å². The molecule has 1 heteroatoms. The Labute approximate surface area is 92.5 Å². The van der Waals surface area contributed by atoms with E-state index < -0.39 is 0 Å². The minimum atomic E-state index is -0.0604. The van der Waals surface area contributed by atoms with Crippen molar-refractivity contribution in [2.24, 2.45) is 0 Å². The molecule has 0 aliphatic rings. The fraction of sp³-hybridized carbons (Fsp3) is 0.357. The van der Waals surface area contributed by atoms with Crippen LogP contribution in [0.5, 0.6) is 0 Å². The van der Waals surface area contributed by atoms with Crippen LogP contribution >= 0.6 is 0 Å². The van der Waals surface area contributed by atoms with Gasteiger partial charge in [-0.15, -0.1) is 0 Å². The van der Waals surface area contributed by atoms with Crippen molar-refractivity contribution in [1.82, 2.24) is 0 Å². The van der Waals surface area contributed by atoms with E-state index in [0.717, 1.165) is 24.0 Å². The number of aliphatic hydroxyl groups is 1. The van der Waals surface area contributed by atoms with Gasteiger partial charge in [0, 0.05) is 12.5 Å². The fourth-order valence-electron chi connectivity index (χ4n) is 1.82. The molecule has 0 fully saturated rings. The van der Waals surface area contributed by atoms with Crippen molar-refractivity contribution in [2.75, 3.05) is 6.61 Å². The fourth-order valence-corrected chi connectivity index (χ4v) is 1.82.